The van der Waals surface area contributed by atoms with Gasteiger partial charge in [0.05, 0.1) is 18.1 Å². The fourth-order valence-corrected chi connectivity index (χ4v) is 3.65. The molecule has 0 saturated heterocycles. The number of rotatable bonds is 9. The number of hydrogen-bond donors (Lipinski definition) is 2. The lowest BCUT2D eigenvalue weighted by Gasteiger charge is -2.07. The van der Waals surface area contributed by atoms with Crippen molar-refractivity contribution in [3.63, 3.8) is 0 Å². The number of nitrogens with one attached hydrogen (secondary N) is 2. The number of ether oxygens (including phenoxy) is 1. The normalized spacial score (nSPS) is 11.1. The van der Waals surface area contributed by atoms with Gasteiger partial charge in [0.15, 0.2) is 5.65 Å². The third kappa shape index (κ3) is 4.94. The molecular weight excluding hydrogens is 424 g/mol. The van der Waals surface area contributed by atoms with Gasteiger partial charge in [-0.2, -0.15) is 4.98 Å². The van der Waals surface area contributed by atoms with Crippen molar-refractivity contribution in [2.45, 2.75) is 32.6 Å². The molecule has 0 atom stereocenters. The van der Waals surface area contributed by atoms with Gasteiger partial charge in [-0.1, -0.05) is 11.6 Å². The van der Waals surface area contributed by atoms with Crippen LogP contribution in [0.2, 0.25) is 0 Å². The maximum atomic E-state index is 12.7. The number of H-pyrrole nitrogens is 1. The number of carbonyl (C=O) groups is 1. The first-order chi connectivity index (χ1) is 16.0. The van der Waals surface area contributed by atoms with Crippen molar-refractivity contribution in [3.8, 4) is 17.1 Å². The van der Waals surface area contributed by atoms with E-state index in [0.29, 0.717) is 47.0 Å². The van der Waals surface area contributed by atoms with Gasteiger partial charge in [-0.3, -0.25) is 19.4 Å². The summed E-state index contributed by atoms with van der Waals surface area (Å²) < 4.78 is 12.0. The monoisotopic (exact) mass is 450 g/mol. The Hall–Kier alpha value is -3.95. The van der Waals surface area contributed by atoms with Crippen LogP contribution in [0, 0.1) is 6.92 Å². The predicted octanol–water partition coefficient (Wildman–Crippen LogP) is 2.77. The lowest BCUT2D eigenvalue weighted by Crippen LogP contribution is -2.25. The Morgan fingerprint density at radius 2 is 1.97 bits per heavy atom. The van der Waals surface area contributed by atoms with Crippen LogP contribution in [0.4, 0.5) is 0 Å². The van der Waals surface area contributed by atoms with Crippen LogP contribution in [0.25, 0.3) is 22.4 Å². The molecule has 10 heteroatoms. The second-order valence-corrected chi connectivity index (χ2v) is 7.82. The van der Waals surface area contributed by atoms with E-state index in [-0.39, 0.29) is 11.5 Å². The molecule has 0 aliphatic carbocycles. The van der Waals surface area contributed by atoms with Crippen LogP contribution in [0.3, 0.4) is 0 Å². The molecule has 3 heterocycles. The molecule has 2 N–H and O–H groups in total. The predicted molar refractivity (Wildman–Crippen MR) is 122 cm³/mol. The Bertz CT molecular complexity index is 1320. The van der Waals surface area contributed by atoms with Crippen LogP contribution < -0.4 is 15.6 Å². The van der Waals surface area contributed by atoms with Crippen LogP contribution in [-0.2, 0) is 13.5 Å². The molecule has 0 spiro atoms. The van der Waals surface area contributed by atoms with Gasteiger partial charge in [-0.05, 0) is 50.1 Å². The minimum atomic E-state index is -0.321. The standard InChI is InChI=1S/C23H26N6O4/c1-14-13-17(19-21(25-14)29(2)27-23(19)31)22(30)24-12-6-4-5-7-18-26-20(28-33-18)15-8-10-16(32-3)11-9-15/h8-11,13H,4-7,12H2,1-3H3,(H,24,30)(H,27,31). The van der Waals surface area contributed by atoms with E-state index < -0.39 is 0 Å². The van der Waals surface area contributed by atoms with Gasteiger partial charge in [-0.25, -0.2) is 4.98 Å². The van der Waals surface area contributed by atoms with Crippen LogP contribution in [0.5, 0.6) is 5.75 Å². The van der Waals surface area contributed by atoms with Crippen molar-refractivity contribution < 1.29 is 14.1 Å². The molecule has 172 valence electrons. The summed E-state index contributed by atoms with van der Waals surface area (Å²) in [5, 5.41) is 9.89. The fourth-order valence-electron chi connectivity index (χ4n) is 3.65. The van der Waals surface area contributed by atoms with Crippen LogP contribution in [0.15, 0.2) is 39.6 Å². The summed E-state index contributed by atoms with van der Waals surface area (Å²) >= 11 is 0. The quantitative estimate of drug-likeness (QED) is 0.375. The summed E-state index contributed by atoms with van der Waals surface area (Å²) in [6.07, 6.45) is 3.21. The van der Waals surface area contributed by atoms with Crippen molar-refractivity contribution in [2.75, 3.05) is 13.7 Å². The zero-order chi connectivity index (χ0) is 23.4. The molecule has 0 bridgehead atoms. The summed E-state index contributed by atoms with van der Waals surface area (Å²) in [4.78, 5) is 33.6. The maximum Gasteiger partial charge on any atom is 0.274 e. The SMILES string of the molecule is COc1ccc(-c2noc(CCCCCNC(=O)c3cc(C)nc4c3c(=O)[nH]n4C)n2)cc1. The number of aryl methyl sites for hydroxylation is 3. The molecule has 0 saturated carbocycles. The number of amides is 1. The first-order valence-electron chi connectivity index (χ1n) is 10.8. The van der Waals surface area contributed by atoms with Gasteiger partial charge in [0.2, 0.25) is 11.7 Å². The largest absolute Gasteiger partial charge is 0.497 e. The highest BCUT2D eigenvalue weighted by molar-refractivity contribution is 6.05. The molecule has 1 aromatic carbocycles. The molecule has 0 aliphatic rings. The van der Waals surface area contributed by atoms with E-state index in [2.05, 4.69) is 25.5 Å². The Kier molecular flexibility index (Phi) is 6.53. The highest BCUT2D eigenvalue weighted by Crippen LogP contribution is 2.20. The molecule has 0 radical (unpaired) electrons. The van der Waals surface area contributed by atoms with Crippen molar-refractivity contribution >= 4 is 16.9 Å². The molecule has 0 unspecified atom stereocenters. The van der Waals surface area contributed by atoms with E-state index in [0.717, 1.165) is 30.6 Å². The molecule has 4 aromatic rings. The van der Waals surface area contributed by atoms with Crippen LogP contribution in [0.1, 0.15) is 41.2 Å². The number of benzene rings is 1. The zero-order valence-corrected chi connectivity index (χ0v) is 18.8. The lowest BCUT2D eigenvalue weighted by molar-refractivity contribution is 0.0954. The summed E-state index contributed by atoms with van der Waals surface area (Å²) in [7, 11) is 3.32. The summed E-state index contributed by atoms with van der Waals surface area (Å²) in [6, 6.07) is 9.12. The molecule has 33 heavy (non-hydrogen) atoms. The summed E-state index contributed by atoms with van der Waals surface area (Å²) in [5.74, 6) is 1.63. The number of nitrogens with zero attached hydrogens (tertiary/aromatic N) is 4. The Balaban J connectivity index is 1.24. The number of aromatic amines is 1. The molecule has 10 nitrogen and oxygen atoms in total. The smallest absolute Gasteiger partial charge is 0.274 e. The topological polar surface area (TPSA) is 128 Å². The molecule has 0 aliphatic heterocycles. The van der Waals surface area contributed by atoms with Gasteiger partial charge in [0.1, 0.15) is 5.75 Å². The molecule has 4 rings (SSSR count). The number of methoxy groups -OCH3 is 1. The van der Waals surface area contributed by atoms with E-state index in [4.69, 9.17) is 9.26 Å². The number of fused-ring (bicyclic) bond motifs is 1. The third-order valence-corrected chi connectivity index (χ3v) is 5.36. The van der Waals surface area contributed by atoms with Gasteiger partial charge in [0, 0.05) is 31.3 Å². The highest BCUT2D eigenvalue weighted by Gasteiger charge is 2.17. The van der Waals surface area contributed by atoms with Crippen molar-refractivity contribution in [3.05, 3.63) is 57.8 Å². The van der Waals surface area contributed by atoms with Gasteiger partial charge < -0.3 is 14.6 Å². The third-order valence-electron chi connectivity index (χ3n) is 5.36. The number of pyridine rings is 1. The van der Waals surface area contributed by atoms with E-state index in [9.17, 15) is 9.59 Å². The minimum Gasteiger partial charge on any atom is -0.497 e. The number of unbranched alkanes of at least 4 members (excludes halogenated alkanes) is 2. The first-order valence-corrected chi connectivity index (χ1v) is 10.8. The summed E-state index contributed by atoms with van der Waals surface area (Å²) in [6.45, 7) is 2.30. The Morgan fingerprint density at radius 1 is 1.18 bits per heavy atom. The molecular formula is C23H26N6O4. The zero-order valence-electron chi connectivity index (χ0n) is 18.8. The number of hydrogen-bond acceptors (Lipinski definition) is 7. The Labute approximate surface area is 190 Å². The van der Waals surface area contributed by atoms with Gasteiger partial charge in [0.25, 0.3) is 11.5 Å². The second kappa shape index (κ2) is 9.68. The average Bonchev–Trinajstić information content (AvgIpc) is 3.39. The second-order valence-electron chi connectivity index (χ2n) is 7.82. The van der Waals surface area contributed by atoms with Crippen molar-refractivity contribution in [1.82, 2.24) is 30.2 Å². The average molecular weight is 450 g/mol. The lowest BCUT2D eigenvalue weighted by atomic mass is 10.1. The van der Waals surface area contributed by atoms with Gasteiger partial charge >= 0.3 is 0 Å². The van der Waals surface area contributed by atoms with Crippen LogP contribution >= 0.6 is 0 Å². The van der Waals surface area contributed by atoms with Crippen molar-refractivity contribution in [1.29, 1.82) is 0 Å². The van der Waals surface area contributed by atoms with Crippen LogP contribution in [-0.4, -0.2) is 44.5 Å². The van der Waals surface area contributed by atoms with E-state index >= 15 is 0 Å². The van der Waals surface area contributed by atoms with E-state index in [1.165, 1.54) is 4.68 Å². The van der Waals surface area contributed by atoms with E-state index in [1.807, 2.05) is 24.3 Å². The molecule has 3 aromatic heterocycles. The minimum absolute atomic E-state index is 0.275. The fraction of sp³-hybridized carbons (Fsp3) is 0.348. The summed E-state index contributed by atoms with van der Waals surface area (Å²) in [5.41, 5.74) is 2.04. The number of aromatic nitrogens is 5. The highest BCUT2D eigenvalue weighted by atomic mass is 16.5. The maximum absolute atomic E-state index is 12.7. The molecule has 0 fully saturated rings. The first kappa shape index (κ1) is 22.3. The number of carbonyl (C=O) groups excluding carboxylic acids is 1. The van der Waals surface area contributed by atoms with Gasteiger partial charge in [-0.15, -0.1) is 0 Å². The Morgan fingerprint density at radius 3 is 2.73 bits per heavy atom. The van der Waals surface area contributed by atoms with E-state index in [1.54, 1.807) is 27.1 Å². The van der Waals surface area contributed by atoms with Crippen molar-refractivity contribution in [2.24, 2.45) is 7.05 Å². The molecule has 1 amide bonds.